The first-order chi connectivity index (χ1) is 10.5. The Bertz CT molecular complexity index is 887. The fourth-order valence-corrected chi connectivity index (χ4v) is 1.93. The Kier molecular flexibility index (Phi) is 3.28. The van der Waals surface area contributed by atoms with Gasteiger partial charge in [0.05, 0.1) is 6.21 Å². The van der Waals surface area contributed by atoms with Gasteiger partial charge in [-0.15, -0.1) is 10.2 Å². The summed E-state index contributed by atoms with van der Waals surface area (Å²) in [5.74, 6) is 0.262. The summed E-state index contributed by atoms with van der Waals surface area (Å²) in [4.78, 5) is 16.6. The maximum atomic E-state index is 12.6. The summed E-state index contributed by atoms with van der Waals surface area (Å²) >= 11 is 0. The third-order valence-electron chi connectivity index (χ3n) is 3.02. The Balaban J connectivity index is 2.20. The molecule has 3 rings (SSSR count). The topological polar surface area (TPSA) is 90.3 Å². The van der Waals surface area contributed by atoms with Crippen molar-refractivity contribution in [3.8, 4) is 0 Å². The normalized spacial score (nSPS) is 12.3. The zero-order valence-electron chi connectivity index (χ0n) is 12.5. The summed E-state index contributed by atoms with van der Waals surface area (Å²) < 4.78 is 2.65. The summed E-state index contributed by atoms with van der Waals surface area (Å²) in [5, 5.41) is 16.2. The van der Waals surface area contributed by atoms with Gasteiger partial charge in [0.1, 0.15) is 12.0 Å². The lowest BCUT2D eigenvalue weighted by Crippen LogP contribution is -2.33. The molecule has 112 valence electrons. The van der Waals surface area contributed by atoms with Crippen LogP contribution in [0.3, 0.4) is 0 Å². The fraction of sp³-hybridized carbons (Fsp3) is 0.286. The fourth-order valence-electron chi connectivity index (χ4n) is 1.93. The largest absolute Gasteiger partial charge is 0.298 e. The molecule has 8 heteroatoms. The summed E-state index contributed by atoms with van der Waals surface area (Å²) in [5.41, 5.74) is 0.443. The molecule has 3 aromatic heterocycles. The molecule has 0 amide bonds. The first-order valence-electron chi connectivity index (χ1n) is 6.75. The predicted molar refractivity (Wildman–Crippen MR) is 81.0 cm³/mol. The van der Waals surface area contributed by atoms with E-state index in [2.05, 4.69) is 25.4 Å². The van der Waals surface area contributed by atoms with Gasteiger partial charge in [0.2, 0.25) is 0 Å². The quantitative estimate of drug-likeness (QED) is 0.654. The van der Waals surface area contributed by atoms with Crippen molar-refractivity contribution in [3.05, 3.63) is 52.5 Å². The second kappa shape index (κ2) is 5.14. The van der Waals surface area contributed by atoms with Crippen molar-refractivity contribution in [3.63, 3.8) is 0 Å². The van der Waals surface area contributed by atoms with Crippen LogP contribution >= 0.6 is 0 Å². The number of hydrogen-bond donors (Lipinski definition) is 0. The lowest BCUT2D eigenvalue weighted by molar-refractivity contribution is 0.529. The number of aromatic nitrogens is 6. The van der Waals surface area contributed by atoms with Crippen molar-refractivity contribution in [1.82, 2.24) is 29.5 Å². The van der Waals surface area contributed by atoms with E-state index in [0.29, 0.717) is 5.69 Å². The first kappa shape index (κ1) is 14.1. The number of rotatable bonds is 2. The summed E-state index contributed by atoms with van der Waals surface area (Å²) in [6.07, 6.45) is 6.32. The van der Waals surface area contributed by atoms with Crippen LogP contribution in [0.1, 0.15) is 32.0 Å². The molecule has 0 aliphatic heterocycles. The van der Waals surface area contributed by atoms with Crippen LogP contribution in [0.5, 0.6) is 0 Å². The van der Waals surface area contributed by atoms with Crippen molar-refractivity contribution in [2.24, 2.45) is 5.10 Å². The molecule has 3 heterocycles. The monoisotopic (exact) mass is 297 g/mol. The molecule has 0 unspecified atom stereocenters. The van der Waals surface area contributed by atoms with Crippen LogP contribution in [0.25, 0.3) is 5.78 Å². The Labute approximate surface area is 126 Å². The minimum atomic E-state index is -0.416. The summed E-state index contributed by atoms with van der Waals surface area (Å²) in [6.45, 7) is 5.76. The number of hydrogen-bond acceptors (Lipinski definition) is 6. The van der Waals surface area contributed by atoms with Gasteiger partial charge in [0, 0.05) is 23.4 Å². The average molecular weight is 297 g/mol. The van der Waals surface area contributed by atoms with Gasteiger partial charge in [-0.25, -0.2) is 0 Å². The van der Waals surface area contributed by atoms with Gasteiger partial charge in [-0.2, -0.15) is 19.4 Å². The van der Waals surface area contributed by atoms with Crippen LogP contribution < -0.4 is 5.56 Å². The Morgan fingerprint density at radius 2 is 2.14 bits per heavy atom. The van der Waals surface area contributed by atoms with Crippen molar-refractivity contribution in [2.45, 2.75) is 26.2 Å². The molecule has 0 spiro atoms. The zero-order valence-corrected chi connectivity index (χ0v) is 12.5. The lowest BCUT2D eigenvalue weighted by atomic mass is 9.93. The third kappa shape index (κ3) is 2.50. The van der Waals surface area contributed by atoms with E-state index < -0.39 is 5.41 Å². The Hall–Kier alpha value is -2.90. The smallest absolute Gasteiger partial charge is 0.265 e. The van der Waals surface area contributed by atoms with Crippen LogP contribution in [-0.2, 0) is 5.41 Å². The van der Waals surface area contributed by atoms with Crippen LogP contribution in [0.15, 0.2) is 40.7 Å². The molecule has 0 fully saturated rings. The van der Waals surface area contributed by atoms with E-state index in [1.807, 2.05) is 26.8 Å². The maximum Gasteiger partial charge on any atom is 0.298 e. The molecule has 0 bridgehead atoms. The van der Waals surface area contributed by atoms with E-state index in [0.717, 1.165) is 5.56 Å². The van der Waals surface area contributed by atoms with E-state index in [9.17, 15) is 4.79 Å². The van der Waals surface area contributed by atoms with Gasteiger partial charge in [0.25, 0.3) is 11.3 Å². The molecule has 0 atom stereocenters. The molecule has 0 N–H and O–H groups in total. The minimum Gasteiger partial charge on any atom is -0.265 e. The molecule has 0 aliphatic rings. The Morgan fingerprint density at radius 3 is 2.82 bits per heavy atom. The van der Waals surface area contributed by atoms with Crippen molar-refractivity contribution < 1.29 is 0 Å². The predicted octanol–water partition coefficient (Wildman–Crippen LogP) is 0.861. The van der Waals surface area contributed by atoms with Crippen LogP contribution in [0.4, 0.5) is 0 Å². The number of nitrogens with zero attached hydrogens (tertiary/aromatic N) is 7. The number of fused-ring (bicyclic) bond motifs is 1. The van der Waals surface area contributed by atoms with E-state index in [1.54, 1.807) is 24.7 Å². The highest BCUT2D eigenvalue weighted by Gasteiger charge is 2.23. The van der Waals surface area contributed by atoms with Gasteiger partial charge in [-0.05, 0) is 6.07 Å². The SMILES string of the molecule is CC(C)(C)c1nn2cnnc2n(/N=C/c2cccnc2)c1=O. The second-order valence-electron chi connectivity index (χ2n) is 5.82. The molecule has 0 aromatic carbocycles. The standard InChI is InChI=1S/C14H15N7O/c1-14(2,3)11-12(22)21(13-18-16-9-20(13)19-11)17-8-10-5-4-6-15-7-10/h4-9H,1-3H3/b17-8+. The first-order valence-corrected chi connectivity index (χ1v) is 6.75. The van der Waals surface area contributed by atoms with Gasteiger partial charge < -0.3 is 0 Å². The second-order valence-corrected chi connectivity index (χ2v) is 5.82. The molecule has 22 heavy (non-hydrogen) atoms. The highest BCUT2D eigenvalue weighted by molar-refractivity contribution is 5.78. The van der Waals surface area contributed by atoms with Crippen molar-refractivity contribution in [1.29, 1.82) is 0 Å². The molecule has 0 saturated heterocycles. The van der Waals surface area contributed by atoms with E-state index in [4.69, 9.17) is 0 Å². The van der Waals surface area contributed by atoms with Gasteiger partial charge in [-0.3, -0.25) is 9.78 Å². The van der Waals surface area contributed by atoms with Gasteiger partial charge >= 0.3 is 0 Å². The van der Waals surface area contributed by atoms with Gasteiger partial charge in [-0.1, -0.05) is 26.8 Å². The van der Waals surface area contributed by atoms with Crippen LogP contribution in [-0.4, -0.2) is 35.7 Å². The van der Waals surface area contributed by atoms with E-state index >= 15 is 0 Å². The Morgan fingerprint density at radius 1 is 1.32 bits per heavy atom. The average Bonchev–Trinajstić information content (AvgIpc) is 2.94. The summed E-state index contributed by atoms with van der Waals surface area (Å²) in [6, 6.07) is 3.64. The molecular weight excluding hydrogens is 282 g/mol. The summed E-state index contributed by atoms with van der Waals surface area (Å²) in [7, 11) is 0. The van der Waals surface area contributed by atoms with Crippen LogP contribution in [0, 0.1) is 0 Å². The highest BCUT2D eigenvalue weighted by atomic mass is 16.1. The highest BCUT2D eigenvalue weighted by Crippen LogP contribution is 2.16. The van der Waals surface area contributed by atoms with Gasteiger partial charge in [0.15, 0.2) is 0 Å². The molecule has 8 nitrogen and oxygen atoms in total. The van der Waals surface area contributed by atoms with Crippen molar-refractivity contribution >= 4 is 12.0 Å². The molecular formula is C14H15N7O. The maximum absolute atomic E-state index is 12.6. The lowest BCUT2D eigenvalue weighted by Gasteiger charge is -2.16. The van der Waals surface area contributed by atoms with E-state index in [-0.39, 0.29) is 11.3 Å². The molecule has 0 radical (unpaired) electrons. The third-order valence-corrected chi connectivity index (χ3v) is 3.02. The van der Waals surface area contributed by atoms with E-state index in [1.165, 1.54) is 15.5 Å². The number of pyridine rings is 1. The molecule has 0 aliphatic carbocycles. The zero-order chi connectivity index (χ0) is 15.7. The van der Waals surface area contributed by atoms with Crippen LogP contribution in [0.2, 0.25) is 0 Å². The molecule has 0 saturated carbocycles. The molecule has 3 aromatic rings. The minimum absolute atomic E-state index is 0.262. The van der Waals surface area contributed by atoms with Crippen molar-refractivity contribution in [2.75, 3.05) is 0 Å².